The number of amides is 1. The van der Waals surface area contributed by atoms with Crippen molar-refractivity contribution in [2.75, 3.05) is 33.4 Å². The van der Waals surface area contributed by atoms with E-state index >= 15 is 0 Å². The van der Waals surface area contributed by atoms with Gasteiger partial charge in [-0.15, -0.1) is 0 Å². The number of hydrogen-bond donors (Lipinski definition) is 1. The molecule has 8 nitrogen and oxygen atoms in total. The number of rotatable bonds is 9. The summed E-state index contributed by atoms with van der Waals surface area (Å²) in [5.74, 6) is 1.60. The summed E-state index contributed by atoms with van der Waals surface area (Å²) in [4.78, 5) is 15.2. The molecule has 0 radical (unpaired) electrons. The van der Waals surface area contributed by atoms with Crippen molar-refractivity contribution in [3.63, 3.8) is 0 Å². The fourth-order valence-corrected chi connectivity index (χ4v) is 3.95. The van der Waals surface area contributed by atoms with Crippen LogP contribution in [0, 0.1) is 13.8 Å². The second kappa shape index (κ2) is 11.2. The highest BCUT2D eigenvalue weighted by Gasteiger charge is 2.16. The van der Waals surface area contributed by atoms with Gasteiger partial charge in [0.2, 0.25) is 0 Å². The van der Waals surface area contributed by atoms with Crippen LogP contribution in [0.5, 0.6) is 11.5 Å². The van der Waals surface area contributed by atoms with E-state index in [4.69, 9.17) is 18.7 Å². The van der Waals surface area contributed by atoms with Crippen LogP contribution < -0.4 is 14.8 Å². The molecule has 0 saturated carbocycles. The Labute approximate surface area is 199 Å². The van der Waals surface area contributed by atoms with E-state index in [9.17, 15) is 4.79 Å². The van der Waals surface area contributed by atoms with Gasteiger partial charge in [0, 0.05) is 31.7 Å². The molecule has 34 heavy (non-hydrogen) atoms. The first-order valence-corrected chi connectivity index (χ1v) is 11.4. The highest BCUT2D eigenvalue weighted by molar-refractivity contribution is 5.94. The predicted octanol–water partition coefficient (Wildman–Crippen LogP) is 3.64. The van der Waals surface area contributed by atoms with Crippen LogP contribution in [0.4, 0.5) is 0 Å². The zero-order valence-corrected chi connectivity index (χ0v) is 19.9. The molecule has 0 atom stereocenters. The average molecular weight is 466 g/mol. The fraction of sp³-hybridized carbons (Fsp3) is 0.385. The largest absolute Gasteiger partial charge is 0.493 e. The van der Waals surface area contributed by atoms with Crippen LogP contribution in [0.2, 0.25) is 0 Å². The Morgan fingerprint density at radius 3 is 2.56 bits per heavy atom. The van der Waals surface area contributed by atoms with Crippen LogP contribution in [0.25, 0.3) is 0 Å². The van der Waals surface area contributed by atoms with Crippen molar-refractivity contribution >= 4 is 5.91 Å². The van der Waals surface area contributed by atoms with Gasteiger partial charge in [-0.2, -0.15) is 0 Å². The van der Waals surface area contributed by atoms with E-state index in [1.165, 1.54) is 5.56 Å². The molecular weight excluding hydrogens is 434 g/mol. The maximum atomic E-state index is 12.9. The van der Waals surface area contributed by atoms with Crippen LogP contribution in [-0.4, -0.2) is 49.4 Å². The Kier molecular flexibility index (Phi) is 7.82. The molecule has 2 heterocycles. The van der Waals surface area contributed by atoms with Gasteiger partial charge >= 0.3 is 0 Å². The minimum Gasteiger partial charge on any atom is -0.493 e. The normalized spacial score (nSPS) is 14.1. The van der Waals surface area contributed by atoms with E-state index in [1.54, 1.807) is 25.3 Å². The van der Waals surface area contributed by atoms with E-state index in [-0.39, 0.29) is 5.91 Å². The number of carbonyl (C=O) groups excluding carboxylic acids is 1. The minimum absolute atomic E-state index is 0.170. The van der Waals surface area contributed by atoms with Crippen molar-refractivity contribution in [2.45, 2.75) is 33.5 Å². The number of benzene rings is 2. The summed E-state index contributed by atoms with van der Waals surface area (Å²) in [5, 5.41) is 6.98. The first kappa shape index (κ1) is 23.8. The van der Waals surface area contributed by atoms with E-state index in [0.29, 0.717) is 30.2 Å². The second-order valence-corrected chi connectivity index (χ2v) is 8.30. The molecule has 1 aromatic heterocycles. The van der Waals surface area contributed by atoms with Crippen molar-refractivity contribution in [1.29, 1.82) is 0 Å². The molecule has 0 bridgehead atoms. The second-order valence-electron chi connectivity index (χ2n) is 8.30. The molecule has 2 aromatic carbocycles. The standard InChI is InChI=1S/C26H31N3O5/c1-18-23(19(2)34-28-18)17-33-24-9-8-20(14-25(24)31-3)26(30)27-15-21-6-4-5-7-22(21)16-29-10-12-32-13-11-29/h4-9,14H,10-13,15-17H2,1-3H3,(H,27,30). The summed E-state index contributed by atoms with van der Waals surface area (Å²) >= 11 is 0. The molecule has 4 rings (SSSR count). The maximum absolute atomic E-state index is 12.9. The van der Waals surface area contributed by atoms with Crippen molar-refractivity contribution < 1.29 is 23.5 Å². The summed E-state index contributed by atoms with van der Waals surface area (Å²) in [6.45, 7) is 8.70. The first-order valence-electron chi connectivity index (χ1n) is 11.4. The Balaban J connectivity index is 1.39. The molecular formula is C26H31N3O5. The lowest BCUT2D eigenvalue weighted by Crippen LogP contribution is -2.36. The van der Waals surface area contributed by atoms with Crippen molar-refractivity contribution in [2.24, 2.45) is 0 Å². The monoisotopic (exact) mass is 465 g/mol. The number of carbonyl (C=O) groups is 1. The predicted molar refractivity (Wildman–Crippen MR) is 127 cm³/mol. The first-order chi connectivity index (χ1) is 16.5. The molecule has 1 N–H and O–H groups in total. The molecule has 1 amide bonds. The topological polar surface area (TPSA) is 86.1 Å². The number of morpholine rings is 1. The molecule has 0 spiro atoms. The molecule has 0 unspecified atom stereocenters. The number of methoxy groups -OCH3 is 1. The zero-order chi connectivity index (χ0) is 23.9. The lowest BCUT2D eigenvalue weighted by Gasteiger charge is -2.27. The van der Waals surface area contributed by atoms with Crippen LogP contribution in [0.15, 0.2) is 47.0 Å². The van der Waals surface area contributed by atoms with Gasteiger partial charge in [-0.1, -0.05) is 29.4 Å². The number of aryl methyl sites for hydroxylation is 2. The lowest BCUT2D eigenvalue weighted by atomic mass is 10.1. The van der Waals surface area contributed by atoms with Crippen molar-refractivity contribution in [3.05, 3.63) is 76.2 Å². The maximum Gasteiger partial charge on any atom is 0.251 e. The zero-order valence-electron chi connectivity index (χ0n) is 19.9. The van der Waals surface area contributed by atoms with Gasteiger partial charge in [0.15, 0.2) is 11.5 Å². The minimum atomic E-state index is -0.170. The molecule has 180 valence electrons. The van der Waals surface area contributed by atoms with Gasteiger partial charge in [0.05, 0.1) is 31.6 Å². The Morgan fingerprint density at radius 1 is 1.09 bits per heavy atom. The Hall–Kier alpha value is -3.36. The molecule has 1 aliphatic heterocycles. The quantitative estimate of drug-likeness (QED) is 0.516. The van der Waals surface area contributed by atoms with Crippen molar-refractivity contribution in [3.8, 4) is 11.5 Å². The van der Waals surface area contributed by atoms with Gasteiger partial charge in [-0.05, 0) is 43.2 Å². The SMILES string of the molecule is COc1cc(C(=O)NCc2ccccc2CN2CCOCC2)ccc1OCc1c(C)noc1C. The van der Waals surface area contributed by atoms with Crippen LogP contribution in [0.1, 0.15) is 38.5 Å². The molecule has 1 fully saturated rings. The fourth-order valence-electron chi connectivity index (χ4n) is 3.95. The third-order valence-electron chi connectivity index (χ3n) is 6.03. The Bertz CT molecular complexity index is 1100. The van der Waals surface area contributed by atoms with Gasteiger partial charge in [0.1, 0.15) is 12.4 Å². The van der Waals surface area contributed by atoms with Crippen molar-refractivity contribution in [1.82, 2.24) is 15.4 Å². The summed E-state index contributed by atoms with van der Waals surface area (Å²) in [5.41, 5.74) is 4.52. The van der Waals surface area contributed by atoms with Gasteiger partial charge in [-0.3, -0.25) is 9.69 Å². The summed E-state index contributed by atoms with van der Waals surface area (Å²) in [7, 11) is 1.56. The molecule has 8 heteroatoms. The number of nitrogens with one attached hydrogen (secondary N) is 1. The number of nitrogens with zero attached hydrogens (tertiary/aromatic N) is 2. The lowest BCUT2D eigenvalue weighted by molar-refractivity contribution is 0.0340. The highest BCUT2D eigenvalue weighted by atomic mass is 16.5. The molecule has 0 aliphatic carbocycles. The van der Waals surface area contributed by atoms with Gasteiger partial charge in [0.25, 0.3) is 5.91 Å². The third kappa shape index (κ3) is 5.76. The van der Waals surface area contributed by atoms with E-state index in [1.807, 2.05) is 26.0 Å². The van der Waals surface area contributed by atoms with E-state index < -0.39 is 0 Å². The van der Waals surface area contributed by atoms with Gasteiger partial charge < -0.3 is 24.1 Å². The van der Waals surface area contributed by atoms with E-state index in [2.05, 4.69) is 27.5 Å². The molecule has 1 saturated heterocycles. The average Bonchev–Trinajstić information content (AvgIpc) is 3.19. The molecule has 1 aliphatic rings. The molecule has 3 aromatic rings. The number of aromatic nitrogens is 1. The van der Waals surface area contributed by atoms with Crippen LogP contribution in [-0.2, 0) is 24.4 Å². The number of ether oxygens (including phenoxy) is 3. The smallest absolute Gasteiger partial charge is 0.251 e. The van der Waals surface area contributed by atoms with Crippen LogP contribution in [0.3, 0.4) is 0 Å². The summed E-state index contributed by atoms with van der Waals surface area (Å²) < 4.78 is 22.0. The van der Waals surface area contributed by atoms with E-state index in [0.717, 1.165) is 55.4 Å². The Morgan fingerprint density at radius 2 is 1.85 bits per heavy atom. The van der Waals surface area contributed by atoms with Crippen LogP contribution >= 0.6 is 0 Å². The summed E-state index contributed by atoms with van der Waals surface area (Å²) in [6, 6.07) is 13.4. The van der Waals surface area contributed by atoms with Gasteiger partial charge in [-0.25, -0.2) is 0 Å². The number of hydrogen-bond acceptors (Lipinski definition) is 7. The third-order valence-corrected chi connectivity index (χ3v) is 6.03. The summed E-state index contributed by atoms with van der Waals surface area (Å²) in [6.07, 6.45) is 0. The highest BCUT2D eigenvalue weighted by Crippen LogP contribution is 2.29.